The number of anilines is 1. The van der Waals surface area contributed by atoms with Crippen LogP contribution in [0.15, 0.2) is 53.5 Å². The predicted molar refractivity (Wildman–Crippen MR) is 117 cm³/mol. The lowest BCUT2D eigenvalue weighted by Gasteiger charge is -2.21. The molecule has 1 aliphatic heterocycles. The van der Waals surface area contributed by atoms with E-state index in [-0.39, 0.29) is 5.82 Å². The van der Waals surface area contributed by atoms with Gasteiger partial charge in [0, 0.05) is 32.7 Å². The topological polar surface area (TPSA) is 48.9 Å². The van der Waals surface area contributed by atoms with Gasteiger partial charge in [-0.2, -0.15) is 0 Å². The molecular weight excluding hydrogens is 367 g/mol. The number of halogens is 1. The average Bonchev–Trinajstić information content (AvgIpc) is 3.22. The zero-order valence-corrected chi connectivity index (χ0v) is 17.3. The molecule has 156 valence electrons. The van der Waals surface area contributed by atoms with Crippen molar-refractivity contribution in [3.05, 3.63) is 59.9 Å². The number of methoxy groups -OCH3 is 1. The second-order valence-electron chi connectivity index (χ2n) is 7.26. The zero-order chi connectivity index (χ0) is 20.5. The number of ether oxygens (including phenoxy) is 1. The van der Waals surface area contributed by atoms with Crippen molar-refractivity contribution < 1.29 is 9.13 Å². The second-order valence-corrected chi connectivity index (χ2v) is 7.26. The molecule has 0 aliphatic carbocycles. The summed E-state index contributed by atoms with van der Waals surface area (Å²) >= 11 is 0. The van der Waals surface area contributed by atoms with E-state index in [9.17, 15) is 4.39 Å². The van der Waals surface area contributed by atoms with E-state index in [0.717, 1.165) is 55.6 Å². The highest BCUT2D eigenvalue weighted by Crippen LogP contribution is 2.31. The molecular formula is C23H31FN4O. The van der Waals surface area contributed by atoms with Gasteiger partial charge in [-0.05, 0) is 49.4 Å². The zero-order valence-electron chi connectivity index (χ0n) is 17.3. The summed E-state index contributed by atoms with van der Waals surface area (Å²) in [6.45, 7) is 6.23. The summed E-state index contributed by atoms with van der Waals surface area (Å²) in [4.78, 5) is 7.14. The van der Waals surface area contributed by atoms with Gasteiger partial charge >= 0.3 is 0 Å². The Hall–Kier alpha value is -2.76. The van der Waals surface area contributed by atoms with E-state index in [1.165, 1.54) is 6.07 Å². The fourth-order valence-corrected chi connectivity index (χ4v) is 3.67. The summed E-state index contributed by atoms with van der Waals surface area (Å²) in [6.07, 6.45) is 1.73. The minimum atomic E-state index is -0.154. The summed E-state index contributed by atoms with van der Waals surface area (Å²) < 4.78 is 19.3. The molecule has 6 heteroatoms. The quantitative estimate of drug-likeness (QED) is 0.528. The second kappa shape index (κ2) is 10.7. The van der Waals surface area contributed by atoms with Gasteiger partial charge < -0.3 is 20.3 Å². The van der Waals surface area contributed by atoms with Crippen LogP contribution < -0.4 is 20.3 Å². The molecule has 2 N–H and O–H groups in total. The lowest BCUT2D eigenvalue weighted by molar-refractivity contribution is 0.414. The molecule has 2 aromatic carbocycles. The van der Waals surface area contributed by atoms with Crippen molar-refractivity contribution in [2.45, 2.75) is 19.8 Å². The van der Waals surface area contributed by atoms with Crippen molar-refractivity contribution >= 4 is 11.6 Å². The lowest BCUT2D eigenvalue weighted by atomic mass is 10.1. The van der Waals surface area contributed by atoms with Crippen LogP contribution in [0.2, 0.25) is 0 Å². The van der Waals surface area contributed by atoms with E-state index >= 15 is 0 Å². The molecule has 0 aromatic heterocycles. The van der Waals surface area contributed by atoms with Gasteiger partial charge in [0.05, 0.1) is 12.8 Å². The number of hydrogen-bond donors (Lipinski definition) is 2. The van der Waals surface area contributed by atoms with Crippen LogP contribution in [0, 0.1) is 11.7 Å². The fourth-order valence-electron chi connectivity index (χ4n) is 3.67. The van der Waals surface area contributed by atoms with Crippen molar-refractivity contribution in [3.63, 3.8) is 0 Å². The monoisotopic (exact) mass is 398 g/mol. The van der Waals surface area contributed by atoms with E-state index in [2.05, 4.69) is 21.6 Å². The van der Waals surface area contributed by atoms with Crippen LogP contribution in [-0.4, -0.2) is 45.8 Å². The molecule has 0 amide bonds. The first-order valence-corrected chi connectivity index (χ1v) is 10.3. The maximum absolute atomic E-state index is 13.8. The first kappa shape index (κ1) is 21.0. The number of guanidine groups is 1. The Balaban J connectivity index is 1.51. The Morgan fingerprint density at radius 2 is 1.97 bits per heavy atom. The van der Waals surface area contributed by atoms with Crippen molar-refractivity contribution in [2.75, 3.05) is 44.7 Å². The summed E-state index contributed by atoms with van der Waals surface area (Å²) in [5, 5.41) is 6.60. The van der Waals surface area contributed by atoms with Crippen molar-refractivity contribution in [1.29, 1.82) is 0 Å². The smallest absolute Gasteiger partial charge is 0.191 e. The van der Waals surface area contributed by atoms with Crippen LogP contribution in [0.1, 0.15) is 18.9 Å². The van der Waals surface area contributed by atoms with E-state index < -0.39 is 0 Å². The van der Waals surface area contributed by atoms with Gasteiger partial charge in [-0.25, -0.2) is 4.39 Å². The molecule has 1 aliphatic rings. The van der Waals surface area contributed by atoms with Crippen LogP contribution in [0.3, 0.4) is 0 Å². The Bertz CT molecular complexity index is 811. The highest BCUT2D eigenvalue weighted by Gasteiger charge is 2.24. The number of rotatable bonds is 8. The number of para-hydroxylation sites is 2. The molecule has 0 bridgehead atoms. The molecule has 1 atom stereocenters. The molecule has 1 fully saturated rings. The van der Waals surface area contributed by atoms with Gasteiger partial charge in [-0.3, -0.25) is 4.99 Å². The summed E-state index contributed by atoms with van der Waals surface area (Å²) in [7, 11) is 1.71. The lowest BCUT2D eigenvalue weighted by Crippen LogP contribution is -2.38. The molecule has 1 saturated heterocycles. The molecule has 5 nitrogen and oxygen atoms in total. The molecule has 2 aromatic rings. The number of benzene rings is 2. The normalized spacial score (nSPS) is 16.7. The fraction of sp³-hybridized carbons (Fsp3) is 0.435. The third kappa shape index (κ3) is 5.86. The van der Waals surface area contributed by atoms with Gasteiger partial charge in [0.15, 0.2) is 5.96 Å². The molecule has 0 saturated carbocycles. The first-order chi connectivity index (χ1) is 14.2. The Labute approximate surface area is 173 Å². The van der Waals surface area contributed by atoms with Gasteiger partial charge in [-0.1, -0.05) is 30.3 Å². The number of nitrogens with one attached hydrogen (secondary N) is 2. The van der Waals surface area contributed by atoms with Crippen LogP contribution in [0.25, 0.3) is 0 Å². The van der Waals surface area contributed by atoms with Crippen LogP contribution >= 0.6 is 0 Å². The Morgan fingerprint density at radius 1 is 1.17 bits per heavy atom. The standard InChI is InChI=1S/C23H31FN4O/c1-3-25-23(26-14-12-19-8-4-5-9-20(19)24)27-16-18-13-15-28(17-18)21-10-6-7-11-22(21)29-2/h4-11,18H,3,12-17H2,1-2H3,(H2,25,26,27). The highest BCUT2D eigenvalue weighted by molar-refractivity contribution is 5.79. The van der Waals surface area contributed by atoms with Crippen LogP contribution in [0.4, 0.5) is 10.1 Å². The van der Waals surface area contributed by atoms with Crippen molar-refractivity contribution in [1.82, 2.24) is 10.6 Å². The third-order valence-corrected chi connectivity index (χ3v) is 5.21. The number of aliphatic imine (C=N–C) groups is 1. The molecule has 1 unspecified atom stereocenters. The Morgan fingerprint density at radius 3 is 2.76 bits per heavy atom. The van der Waals surface area contributed by atoms with E-state index in [0.29, 0.717) is 18.9 Å². The van der Waals surface area contributed by atoms with Gasteiger partial charge in [0.1, 0.15) is 11.6 Å². The number of nitrogens with zero attached hydrogens (tertiary/aromatic N) is 2. The average molecular weight is 399 g/mol. The van der Waals surface area contributed by atoms with E-state index in [1.54, 1.807) is 13.2 Å². The van der Waals surface area contributed by atoms with Crippen molar-refractivity contribution in [3.8, 4) is 5.75 Å². The van der Waals surface area contributed by atoms with E-state index in [1.807, 2.05) is 37.3 Å². The summed E-state index contributed by atoms with van der Waals surface area (Å²) in [6, 6.07) is 15.1. The Kier molecular flexibility index (Phi) is 7.73. The van der Waals surface area contributed by atoms with Gasteiger partial charge in [-0.15, -0.1) is 0 Å². The van der Waals surface area contributed by atoms with E-state index in [4.69, 9.17) is 9.73 Å². The summed E-state index contributed by atoms with van der Waals surface area (Å²) in [5.74, 6) is 2.06. The molecule has 29 heavy (non-hydrogen) atoms. The molecule has 1 heterocycles. The van der Waals surface area contributed by atoms with Crippen LogP contribution in [0.5, 0.6) is 5.75 Å². The SMILES string of the molecule is CCNC(=NCC1CCN(c2ccccc2OC)C1)NCCc1ccccc1F. The molecule has 0 spiro atoms. The largest absolute Gasteiger partial charge is 0.495 e. The first-order valence-electron chi connectivity index (χ1n) is 10.3. The molecule has 3 rings (SSSR count). The van der Waals surface area contributed by atoms with Crippen LogP contribution in [-0.2, 0) is 6.42 Å². The number of hydrogen-bond acceptors (Lipinski definition) is 3. The summed E-state index contributed by atoms with van der Waals surface area (Å²) in [5.41, 5.74) is 1.87. The predicted octanol–water partition coefficient (Wildman–Crippen LogP) is 3.46. The van der Waals surface area contributed by atoms with Crippen molar-refractivity contribution in [2.24, 2.45) is 10.9 Å². The maximum Gasteiger partial charge on any atom is 0.191 e. The highest BCUT2D eigenvalue weighted by atomic mass is 19.1. The van der Waals surface area contributed by atoms with Gasteiger partial charge in [0.25, 0.3) is 0 Å². The maximum atomic E-state index is 13.8. The minimum Gasteiger partial charge on any atom is -0.495 e. The molecule has 0 radical (unpaired) electrons. The minimum absolute atomic E-state index is 0.154. The third-order valence-electron chi connectivity index (χ3n) is 5.21. The van der Waals surface area contributed by atoms with Gasteiger partial charge in [0.2, 0.25) is 0 Å².